The molecule has 3 heteroatoms. The van der Waals surface area contributed by atoms with E-state index in [4.69, 9.17) is 5.73 Å². The number of rotatable bonds is 5. The van der Waals surface area contributed by atoms with E-state index in [9.17, 15) is 4.79 Å². The molecular weight excluding hydrogens is 224 g/mol. The van der Waals surface area contributed by atoms with Crippen molar-refractivity contribution in [3.63, 3.8) is 0 Å². The molecule has 0 aromatic carbocycles. The molecule has 0 radical (unpaired) electrons. The number of carbonyl (C=O) groups is 1. The number of hydrogen-bond acceptors (Lipinski definition) is 2. The summed E-state index contributed by atoms with van der Waals surface area (Å²) in [5, 5.41) is 0. The van der Waals surface area contributed by atoms with Crippen molar-refractivity contribution in [1.29, 1.82) is 0 Å². The fourth-order valence-electron chi connectivity index (χ4n) is 2.72. The van der Waals surface area contributed by atoms with Gasteiger partial charge in [-0.25, -0.2) is 0 Å². The van der Waals surface area contributed by atoms with Crippen molar-refractivity contribution in [3.8, 4) is 0 Å². The zero-order chi connectivity index (χ0) is 13.6. The van der Waals surface area contributed by atoms with Gasteiger partial charge in [0.2, 0.25) is 5.91 Å². The van der Waals surface area contributed by atoms with E-state index in [2.05, 4.69) is 25.7 Å². The van der Waals surface area contributed by atoms with Crippen LogP contribution in [0.15, 0.2) is 0 Å². The SMILES string of the molecule is CC(C)(C)CC(=O)N(CCCN)C1CCCCC1. The van der Waals surface area contributed by atoms with Crippen LogP contribution in [-0.2, 0) is 4.79 Å². The van der Waals surface area contributed by atoms with Gasteiger partial charge < -0.3 is 10.6 Å². The van der Waals surface area contributed by atoms with Crippen molar-refractivity contribution in [2.75, 3.05) is 13.1 Å². The highest BCUT2D eigenvalue weighted by molar-refractivity contribution is 5.77. The summed E-state index contributed by atoms with van der Waals surface area (Å²) in [6.45, 7) is 7.91. The van der Waals surface area contributed by atoms with E-state index < -0.39 is 0 Å². The second kappa shape index (κ2) is 7.13. The highest BCUT2D eigenvalue weighted by Crippen LogP contribution is 2.26. The Morgan fingerprint density at radius 2 is 1.83 bits per heavy atom. The summed E-state index contributed by atoms with van der Waals surface area (Å²) in [5.41, 5.74) is 5.67. The van der Waals surface area contributed by atoms with E-state index in [-0.39, 0.29) is 5.41 Å². The number of amides is 1. The molecule has 0 unspecified atom stereocenters. The highest BCUT2D eigenvalue weighted by atomic mass is 16.2. The van der Waals surface area contributed by atoms with E-state index in [1.165, 1.54) is 32.1 Å². The molecule has 1 aliphatic carbocycles. The predicted molar refractivity (Wildman–Crippen MR) is 76.3 cm³/mol. The van der Waals surface area contributed by atoms with Gasteiger partial charge in [0.15, 0.2) is 0 Å². The lowest BCUT2D eigenvalue weighted by molar-refractivity contribution is -0.136. The van der Waals surface area contributed by atoms with Crippen molar-refractivity contribution in [2.24, 2.45) is 11.1 Å². The molecule has 1 fully saturated rings. The first-order valence-corrected chi connectivity index (χ1v) is 7.43. The fourth-order valence-corrected chi connectivity index (χ4v) is 2.72. The lowest BCUT2D eigenvalue weighted by Crippen LogP contribution is -2.43. The van der Waals surface area contributed by atoms with Crippen LogP contribution >= 0.6 is 0 Å². The highest BCUT2D eigenvalue weighted by Gasteiger charge is 2.27. The van der Waals surface area contributed by atoms with Crippen molar-refractivity contribution in [1.82, 2.24) is 4.90 Å². The molecule has 0 aliphatic heterocycles. The summed E-state index contributed by atoms with van der Waals surface area (Å²) in [4.78, 5) is 14.6. The van der Waals surface area contributed by atoms with E-state index in [1.807, 2.05) is 0 Å². The quantitative estimate of drug-likeness (QED) is 0.820. The number of nitrogens with zero attached hydrogens (tertiary/aromatic N) is 1. The van der Waals surface area contributed by atoms with Gasteiger partial charge in [-0.1, -0.05) is 40.0 Å². The average Bonchev–Trinajstić information content (AvgIpc) is 2.28. The number of nitrogens with two attached hydrogens (primary N) is 1. The Labute approximate surface area is 112 Å². The van der Waals surface area contributed by atoms with E-state index in [1.54, 1.807) is 0 Å². The zero-order valence-corrected chi connectivity index (χ0v) is 12.4. The van der Waals surface area contributed by atoms with Gasteiger partial charge in [-0.05, 0) is 31.2 Å². The third-order valence-corrected chi connectivity index (χ3v) is 3.62. The van der Waals surface area contributed by atoms with Crippen LogP contribution in [0.2, 0.25) is 0 Å². The summed E-state index contributed by atoms with van der Waals surface area (Å²) in [7, 11) is 0. The molecule has 18 heavy (non-hydrogen) atoms. The molecule has 0 aromatic rings. The van der Waals surface area contributed by atoms with Crippen LogP contribution in [0, 0.1) is 5.41 Å². The van der Waals surface area contributed by atoms with Crippen LogP contribution in [0.5, 0.6) is 0 Å². The zero-order valence-electron chi connectivity index (χ0n) is 12.4. The van der Waals surface area contributed by atoms with Crippen LogP contribution in [0.4, 0.5) is 0 Å². The Bertz CT molecular complexity index is 252. The Kier molecular flexibility index (Phi) is 6.13. The average molecular weight is 254 g/mol. The molecule has 106 valence electrons. The molecule has 2 N–H and O–H groups in total. The van der Waals surface area contributed by atoms with Crippen LogP contribution in [0.25, 0.3) is 0 Å². The Hall–Kier alpha value is -0.570. The monoisotopic (exact) mass is 254 g/mol. The van der Waals surface area contributed by atoms with E-state index in [0.717, 1.165) is 13.0 Å². The standard InChI is InChI=1S/C15H30N2O/c1-15(2,3)12-14(18)17(11-7-10-16)13-8-5-4-6-9-13/h13H,4-12,16H2,1-3H3. The largest absolute Gasteiger partial charge is 0.340 e. The molecule has 1 rings (SSSR count). The van der Waals surface area contributed by atoms with Crippen molar-refractivity contribution in [3.05, 3.63) is 0 Å². The van der Waals surface area contributed by atoms with Crippen molar-refractivity contribution in [2.45, 2.75) is 71.8 Å². The van der Waals surface area contributed by atoms with Crippen molar-refractivity contribution >= 4 is 5.91 Å². The van der Waals surface area contributed by atoms with Crippen LogP contribution < -0.4 is 5.73 Å². The van der Waals surface area contributed by atoms with Gasteiger partial charge in [0.25, 0.3) is 0 Å². The molecule has 0 bridgehead atoms. The fraction of sp³-hybridized carbons (Fsp3) is 0.933. The Morgan fingerprint density at radius 3 is 2.33 bits per heavy atom. The second-order valence-electron chi connectivity index (χ2n) is 6.76. The normalized spacial score (nSPS) is 17.8. The third-order valence-electron chi connectivity index (χ3n) is 3.62. The first kappa shape index (κ1) is 15.5. The van der Waals surface area contributed by atoms with Gasteiger partial charge >= 0.3 is 0 Å². The van der Waals surface area contributed by atoms with Crippen LogP contribution in [0.3, 0.4) is 0 Å². The molecule has 0 heterocycles. The lowest BCUT2D eigenvalue weighted by Gasteiger charge is -2.36. The maximum Gasteiger partial charge on any atom is 0.223 e. The molecule has 0 atom stereocenters. The molecule has 1 aliphatic rings. The maximum atomic E-state index is 12.4. The molecule has 1 amide bonds. The summed E-state index contributed by atoms with van der Waals surface area (Å²) in [6.07, 6.45) is 7.80. The molecule has 3 nitrogen and oxygen atoms in total. The first-order valence-electron chi connectivity index (χ1n) is 7.43. The van der Waals surface area contributed by atoms with Gasteiger partial charge in [-0.15, -0.1) is 0 Å². The number of hydrogen-bond donors (Lipinski definition) is 1. The third kappa shape index (κ3) is 5.38. The van der Waals surface area contributed by atoms with Crippen molar-refractivity contribution < 1.29 is 4.79 Å². The van der Waals surface area contributed by atoms with Crippen LogP contribution in [-0.4, -0.2) is 29.9 Å². The van der Waals surface area contributed by atoms with E-state index in [0.29, 0.717) is 24.9 Å². The minimum atomic E-state index is 0.0761. The molecule has 0 saturated heterocycles. The summed E-state index contributed by atoms with van der Waals surface area (Å²) >= 11 is 0. The Balaban J connectivity index is 2.60. The molecule has 0 spiro atoms. The molecular formula is C15H30N2O. The minimum Gasteiger partial charge on any atom is -0.340 e. The van der Waals surface area contributed by atoms with Gasteiger partial charge in [0, 0.05) is 19.0 Å². The maximum absolute atomic E-state index is 12.4. The van der Waals surface area contributed by atoms with E-state index >= 15 is 0 Å². The Morgan fingerprint density at radius 1 is 1.22 bits per heavy atom. The van der Waals surface area contributed by atoms with Gasteiger partial charge in [0.05, 0.1) is 0 Å². The van der Waals surface area contributed by atoms with Gasteiger partial charge in [-0.3, -0.25) is 4.79 Å². The molecule has 1 saturated carbocycles. The first-order chi connectivity index (χ1) is 8.44. The van der Waals surface area contributed by atoms with Crippen LogP contribution in [0.1, 0.15) is 65.7 Å². The second-order valence-corrected chi connectivity index (χ2v) is 6.76. The summed E-state index contributed by atoms with van der Waals surface area (Å²) < 4.78 is 0. The summed E-state index contributed by atoms with van der Waals surface area (Å²) in [5.74, 6) is 0.322. The topological polar surface area (TPSA) is 46.3 Å². The van der Waals surface area contributed by atoms with Gasteiger partial charge in [-0.2, -0.15) is 0 Å². The smallest absolute Gasteiger partial charge is 0.223 e. The minimum absolute atomic E-state index is 0.0761. The molecule has 0 aromatic heterocycles. The predicted octanol–water partition coefficient (Wildman–Crippen LogP) is 2.93. The van der Waals surface area contributed by atoms with Gasteiger partial charge in [0.1, 0.15) is 0 Å². The lowest BCUT2D eigenvalue weighted by atomic mass is 9.89. The summed E-state index contributed by atoms with van der Waals surface area (Å²) in [6, 6.07) is 0.472. The number of carbonyl (C=O) groups excluding carboxylic acids is 1.